The second-order valence-electron chi connectivity index (χ2n) is 6.94. The van der Waals surface area contributed by atoms with Crippen molar-refractivity contribution in [1.82, 2.24) is 14.9 Å². The zero-order chi connectivity index (χ0) is 19.7. The molecule has 2 aromatic heterocycles. The number of amides is 1. The lowest BCUT2D eigenvalue weighted by atomic mass is 9.96. The molecule has 1 N–H and O–H groups in total. The normalized spacial score (nSPS) is 13.9. The molecule has 8 nitrogen and oxygen atoms in total. The number of anilines is 1. The van der Waals surface area contributed by atoms with Gasteiger partial charge in [-0.3, -0.25) is 9.48 Å². The number of fused-ring (bicyclic) bond motifs is 1. The summed E-state index contributed by atoms with van der Waals surface area (Å²) in [4.78, 5) is 12.8. The van der Waals surface area contributed by atoms with Gasteiger partial charge in [-0.25, -0.2) is 8.42 Å². The average molecular weight is 400 g/mol. The van der Waals surface area contributed by atoms with E-state index >= 15 is 0 Å². The number of sulfone groups is 1. The van der Waals surface area contributed by atoms with Crippen LogP contribution in [0.25, 0.3) is 0 Å². The Kier molecular flexibility index (Phi) is 4.76. The molecule has 0 saturated carbocycles. The Labute approximate surface area is 162 Å². The number of aromatic nitrogens is 3. The van der Waals surface area contributed by atoms with E-state index in [0.29, 0.717) is 17.9 Å². The van der Waals surface area contributed by atoms with Gasteiger partial charge in [-0.15, -0.1) is 0 Å². The first kappa shape index (κ1) is 18.4. The SMILES string of the molecule is CS(=O)(=O)c1ccc(Cn2cc(NC(=O)c3noc4c3CCCC4)cn2)cc1. The highest BCUT2D eigenvalue weighted by atomic mass is 32.2. The number of hydrogen-bond donors (Lipinski definition) is 1. The average Bonchev–Trinajstić information content (AvgIpc) is 3.28. The molecular weight excluding hydrogens is 380 g/mol. The summed E-state index contributed by atoms with van der Waals surface area (Å²) >= 11 is 0. The minimum absolute atomic E-state index is 0.278. The van der Waals surface area contributed by atoms with Gasteiger partial charge in [0.05, 0.1) is 23.3 Å². The van der Waals surface area contributed by atoms with E-state index in [1.165, 1.54) is 6.26 Å². The van der Waals surface area contributed by atoms with Crippen LogP contribution in [0, 0.1) is 0 Å². The monoisotopic (exact) mass is 400 g/mol. The van der Waals surface area contributed by atoms with E-state index in [4.69, 9.17) is 4.52 Å². The van der Waals surface area contributed by atoms with Crippen LogP contribution in [0.3, 0.4) is 0 Å². The molecule has 0 spiro atoms. The Hall–Kier alpha value is -2.94. The Bertz CT molecular complexity index is 1110. The van der Waals surface area contributed by atoms with Crippen molar-refractivity contribution in [3.05, 3.63) is 59.2 Å². The number of carbonyl (C=O) groups excluding carboxylic acids is 1. The Balaban J connectivity index is 1.43. The molecule has 0 bridgehead atoms. The zero-order valence-electron chi connectivity index (χ0n) is 15.4. The predicted octanol–water partition coefficient (Wildman–Crippen LogP) is 2.45. The van der Waals surface area contributed by atoms with Gasteiger partial charge in [0.25, 0.3) is 5.91 Å². The van der Waals surface area contributed by atoms with E-state index in [1.807, 2.05) is 0 Å². The van der Waals surface area contributed by atoms with Crippen molar-refractivity contribution in [2.24, 2.45) is 0 Å². The maximum atomic E-state index is 12.5. The number of carbonyl (C=O) groups is 1. The van der Waals surface area contributed by atoms with E-state index in [0.717, 1.165) is 42.6 Å². The maximum absolute atomic E-state index is 12.5. The van der Waals surface area contributed by atoms with Crippen LogP contribution in [0.1, 0.15) is 40.2 Å². The molecule has 1 aliphatic carbocycles. The summed E-state index contributed by atoms with van der Waals surface area (Å²) in [6.45, 7) is 0.458. The van der Waals surface area contributed by atoms with Crippen LogP contribution in [0.5, 0.6) is 0 Å². The van der Waals surface area contributed by atoms with E-state index in [-0.39, 0.29) is 10.8 Å². The Morgan fingerprint density at radius 2 is 1.96 bits per heavy atom. The van der Waals surface area contributed by atoms with Crippen molar-refractivity contribution in [3.63, 3.8) is 0 Å². The van der Waals surface area contributed by atoms with Crippen molar-refractivity contribution in [1.29, 1.82) is 0 Å². The third-order valence-corrected chi connectivity index (χ3v) is 5.88. The van der Waals surface area contributed by atoms with E-state index < -0.39 is 9.84 Å². The summed E-state index contributed by atoms with van der Waals surface area (Å²) < 4.78 is 30.0. The number of aryl methyl sites for hydroxylation is 1. The first-order chi connectivity index (χ1) is 13.4. The fourth-order valence-electron chi connectivity index (χ4n) is 3.30. The molecule has 0 fully saturated rings. The number of nitrogens with zero attached hydrogens (tertiary/aromatic N) is 3. The summed E-state index contributed by atoms with van der Waals surface area (Å²) in [5.41, 5.74) is 2.71. The minimum atomic E-state index is -3.21. The molecule has 2 heterocycles. The lowest BCUT2D eigenvalue weighted by molar-refractivity contribution is 0.101. The summed E-state index contributed by atoms with van der Waals surface area (Å²) in [6.07, 6.45) is 8.18. The van der Waals surface area contributed by atoms with Crippen molar-refractivity contribution >= 4 is 21.4 Å². The van der Waals surface area contributed by atoms with Gasteiger partial charge in [0, 0.05) is 24.4 Å². The summed E-state index contributed by atoms with van der Waals surface area (Å²) in [7, 11) is -3.21. The van der Waals surface area contributed by atoms with E-state index in [2.05, 4.69) is 15.6 Å². The molecule has 9 heteroatoms. The van der Waals surface area contributed by atoms with Crippen LogP contribution in [0.4, 0.5) is 5.69 Å². The lowest BCUT2D eigenvalue weighted by Gasteiger charge is -2.08. The van der Waals surface area contributed by atoms with Gasteiger partial charge in [0.2, 0.25) is 0 Å². The zero-order valence-corrected chi connectivity index (χ0v) is 16.2. The fourth-order valence-corrected chi connectivity index (χ4v) is 3.93. The van der Waals surface area contributed by atoms with Gasteiger partial charge in [0.15, 0.2) is 15.5 Å². The molecule has 3 aromatic rings. The van der Waals surface area contributed by atoms with E-state index in [1.54, 1.807) is 41.3 Å². The molecule has 0 atom stereocenters. The maximum Gasteiger partial charge on any atom is 0.278 e. The summed E-state index contributed by atoms with van der Waals surface area (Å²) in [6, 6.07) is 6.64. The number of rotatable bonds is 5. The van der Waals surface area contributed by atoms with E-state index in [9.17, 15) is 13.2 Å². The van der Waals surface area contributed by atoms with Crippen LogP contribution in [-0.2, 0) is 29.2 Å². The van der Waals surface area contributed by atoms with Gasteiger partial charge < -0.3 is 9.84 Å². The third-order valence-electron chi connectivity index (χ3n) is 4.75. The molecule has 1 aliphatic rings. The molecule has 0 radical (unpaired) electrons. The Morgan fingerprint density at radius 3 is 2.71 bits per heavy atom. The number of hydrogen-bond acceptors (Lipinski definition) is 6. The molecule has 0 aliphatic heterocycles. The van der Waals surface area contributed by atoms with Gasteiger partial charge in [-0.05, 0) is 37.0 Å². The van der Waals surface area contributed by atoms with Crippen LogP contribution in [0.15, 0.2) is 46.1 Å². The van der Waals surface area contributed by atoms with Crippen molar-refractivity contribution in [2.45, 2.75) is 37.1 Å². The van der Waals surface area contributed by atoms with Gasteiger partial charge in [-0.1, -0.05) is 17.3 Å². The predicted molar refractivity (Wildman–Crippen MR) is 102 cm³/mol. The topological polar surface area (TPSA) is 107 Å². The summed E-state index contributed by atoms with van der Waals surface area (Å²) in [5, 5.41) is 11.0. The highest BCUT2D eigenvalue weighted by Crippen LogP contribution is 2.24. The Morgan fingerprint density at radius 1 is 1.21 bits per heavy atom. The van der Waals surface area contributed by atoms with Crippen LogP contribution in [-0.4, -0.2) is 35.5 Å². The van der Waals surface area contributed by atoms with Gasteiger partial charge in [-0.2, -0.15) is 5.10 Å². The van der Waals surface area contributed by atoms with Gasteiger partial charge >= 0.3 is 0 Å². The van der Waals surface area contributed by atoms with Crippen molar-refractivity contribution in [3.8, 4) is 0 Å². The summed E-state index contributed by atoms with van der Waals surface area (Å²) in [5.74, 6) is 0.508. The molecule has 0 unspecified atom stereocenters. The lowest BCUT2D eigenvalue weighted by Crippen LogP contribution is -2.15. The molecule has 0 saturated heterocycles. The quantitative estimate of drug-likeness (QED) is 0.705. The highest BCUT2D eigenvalue weighted by Gasteiger charge is 2.24. The van der Waals surface area contributed by atoms with Crippen LogP contribution < -0.4 is 5.32 Å². The minimum Gasteiger partial charge on any atom is -0.360 e. The van der Waals surface area contributed by atoms with Gasteiger partial charge in [0.1, 0.15) is 5.76 Å². The second kappa shape index (κ2) is 7.23. The number of nitrogens with one attached hydrogen (secondary N) is 1. The molecule has 1 amide bonds. The van der Waals surface area contributed by atoms with Crippen LogP contribution >= 0.6 is 0 Å². The van der Waals surface area contributed by atoms with Crippen LogP contribution in [0.2, 0.25) is 0 Å². The van der Waals surface area contributed by atoms with Crippen molar-refractivity contribution in [2.75, 3.05) is 11.6 Å². The van der Waals surface area contributed by atoms with Crippen molar-refractivity contribution < 1.29 is 17.7 Å². The molecule has 4 rings (SSSR count). The molecule has 28 heavy (non-hydrogen) atoms. The molecule has 1 aromatic carbocycles. The smallest absolute Gasteiger partial charge is 0.278 e. The molecule has 146 valence electrons. The fraction of sp³-hybridized carbons (Fsp3) is 0.316. The first-order valence-corrected chi connectivity index (χ1v) is 10.9. The standard InChI is InChI=1S/C19H20N4O4S/c1-28(25,26)15-8-6-13(7-9-15)11-23-12-14(10-20-23)21-19(24)18-16-4-2-3-5-17(16)27-22-18/h6-10,12H,2-5,11H2,1H3,(H,21,24). The second-order valence-corrected chi connectivity index (χ2v) is 8.95. The first-order valence-electron chi connectivity index (χ1n) is 9.00. The third kappa shape index (κ3) is 3.84. The largest absolute Gasteiger partial charge is 0.360 e. The number of benzene rings is 1. The molecular formula is C19H20N4O4S. The highest BCUT2D eigenvalue weighted by molar-refractivity contribution is 7.90.